The van der Waals surface area contributed by atoms with Crippen LogP contribution in [0, 0.1) is 5.41 Å². The summed E-state index contributed by atoms with van der Waals surface area (Å²) in [7, 11) is 0. The molecule has 2 atom stereocenters. The zero-order valence-corrected chi connectivity index (χ0v) is 22.6. The molecule has 0 aliphatic carbocycles. The van der Waals surface area contributed by atoms with Crippen LogP contribution in [-0.2, 0) is 16.1 Å². The Kier molecular flexibility index (Phi) is 7.20. The van der Waals surface area contributed by atoms with Crippen LogP contribution in [0.15, 0.2) is 36.7 Å². The average Bonchev–Trinajstić information content (AvgIpc) is 3.50. The van der Waals surface area contributed by atoms with Crippen LogP contribution in [0.2, 0.25) is 0 Å². The predicted octanol–water partition coefficient (Wildman–Crippen LogP) is 4.46. The molecule has 5 rings (SSSR count). The number of amides is 4. The number of urea groups is 1. The largest absolute Gasteiger partial charge is 0.346 e. The Morgan fingerprint density at radius 2 is 1.95 bits per heavy atom. The maximum atomic E-state index is 13.4. The van der Waals surface area contributed by atoms with Gasteiger partial charge < -0.3 is 25.0 Å². The van der Waals surface area contributed by atoms with E-state index < -0.39 is 5.25 Å². The average molecular weight is 527 g/mol. The van der Waals surface area contributed by atoms with Gasteiger partial charge in [0, 0.05) is 58.1 Å². The van der Waals surface area contributed by atoms with E-state index in [-0.39, 0.29) is 42.5 Å². The third-order valence-corrected chi connectivity index (χ3v) is 8.90. The minimum absolute atomic E-state index is 0. The van der Waals surface area contributed by atoms with Crippen molar-refractivity contribution in [2.75, 3.05) is 25.0 Å². The molecule has 0 bridgehead atoms. The second-order valence-corrected chi connectivity index (χ2v) is 12.6. The van der Waals surface area contributed by atoms with Crippen molar-refractivity contribution in [1.82, 2.24) is 24.7 Å². The fourth-order valence-corrected chi connectivity index (χ4v) is 6.68. The van der Waals surface area contributed by atoms with Crippen molar-refractivity contribution in [2.45, 2.75) is 69.7 Å². The van der Waals surface area contributed by atoms with E-state index in [4.69, 9.17) is 0 Å². The molecule has 4 amide bonds. The van der Waals surface area contributed by atoms with Crippen LogP contribution >= 0.6 is 11.8 Å². The molecule has 2 fully saturated rings. The molecule has 1 aromatic heterocycles. The molecule has 0 radical (unpaired) electrons. The summed E-state index contributed by atoms with van der Waals surface area (Å²) in [5.41, 5.74) is 2.09. The number of likely N-dealkylation sites (tertiary alicyclic amines) is 1. The number of nitrogens with one attached hydrogen (secondary N) is 2. The highest BCUT2D eigenvalue weighted by atomic mass is 32.2. The normalized spacial score (nSPS) is 22.8. The maximum Gasteiger partial charge on any atom is 0.322 e. The van der Waals surface area contributed by atoms with Gasteiger partial charge in [-0.1, -0.05) is 39.0 Å². The highest BCUT2D eigenvalue weighted by Gasteiger charge is 2.44. The van der Waals surface area contributed by atoms with Crippen molar-refractivity contribution in [2.24, 2.45) is 5.41 Å². The predicted molar refractivity (Wildman–Crippen MR) is 146 cm³/mol. The second-order valence-electron chi connectivity index (χ2n) is 11.3. The van der Waals surface area contributed by atoms with E-state index in [1.807, 2.05) is 39.0 Å². The van der Waals surface area contributed by atoms with Crippen molar-refractivity contribution in [1.29, 1.82) is 0 Å². The first kappa shape index (κ1) is 25.6. The molecular weight excluding hydrogens is 488 g/mol. The third kappa shape index (κ3) is 5.63. The summed E-state index contributed by atoms with van der Waals surface area (Å²) >= 11 is 1.52. The van der Waals surface area contributed by atoms with Crippen molar-refractivity contribution in [3.05, 3.63) is 48.0 Å². The number of aromatic nitrogens is 2. The number of carbonyl (C=O) groups is 3. The van der Waals surface area contributed by atoms with Crippen LogP contribution in [0.1, 0.15) is 64.6 Å². The fourth-order valence-electron chi connectivity index (χ4n) is 5.26. The number of imidazole rings is 1. The third-order valence-electron chi connectivity index (χ3n) is 7.47. The molecule has 0 spiro atoms. The number of carbonyl (C=O) groups excluding carboxylic acids is 3. The van der Waals surface area contributed by atoms with E-state index in [2.05, 4.69) is 36.1 Å². The number of H-pyrrole nitrogens is 1. The molecule has 200 valence electrons. The molecule has 3 aliphatic heterocycles. The molecule has 2 unspecified atom stereocenters. The molecule has 1 aromatic carbocycles. The summed E-state index contributed by atoms with van der Waals surface area (Å²) in [4.78, 5) is 52.5. The van der Waals surface area contributed by atoms with Gasteiger partial charge >= 0.3 is 6.03 Å². The Labute approximate surface area is 223 Å². The number of para-hydroxylation sites is 1. The van der Waals surface area contributed by atoms with Gasteiger partial charge in [-0.05, 0) is 36.3 Å². The number of benzene rings is 1. The summed E-state index contributed by atoms with van der Waals surface area (Å²) in [6.45, 7) is 8.91. The topological polar surface area (TPSA) is 102 Å². The molecule has 3 aliphatic rings. The smallest absolute Gasteiger partial charge is 0.322 e. The first-order chi connectivity index (χ1) is 17.7. The lowest BCUT2D eigenvalue weighted by Gasteiger charge is -2.40. The summed E-state index contributed by atoms with van der Waals surface area (Å²) in [6, 6.07) is 7.89. The van der Waals surface area contributed by atoms with Crippen molar-refractivity contribution in [3.63, 3.8) is 0 Å². The first-order valence-corrected chi connectivity index (χ1v) is 14.0. The number of anilines is 1. The molecule has 2 aromatic rings. The van der Waals surface area contributed by atoms with E-state index in [1.165, 1.54) is 11.8 Å². The van der Waals surface area contributed by atoms with Crippen LogP contribution in [0.25, 0.3) is 0 Å². The molecular formula is C27H38N6O3S. The van der Waals surface area contributed by atoms with Crippen LogP contribution in [0.5, 0.6) is 0 Å². The fraction of sp³-hybridized carbons (Fsp3) is 0.556. The van der Waals surface area contributed by atoms with Crippen molar-refractivity contribution < 1.29 is 15.8 Å². The second kappa shape index (κ2) is 10.4. The van der Waals surface area contributed by atoms with Gasteiger partial charge in [-0.15, -0.1) is 11.8 Å². The van der Waals surface area contributed by atoms with Crippen molar-refractivity contribution in [3.8, 4) is 0 Å². The lowest BCUT2D eigenvalue weighted by Crippen LogP contribution is -2.51. The zero-order valence-electron chi connectivity index (χ0n) is 21.8. The van der Waals surface area contributed by atoms with Crippen LogP contribution in [-0.4, -0.2) is 73.4 Å². The lowest BCUT2D eigenvalue weighted by atomic mass is 9.92. The highest BCUT2D eigenvalue weighted by Crippen LogP contribution is 2.44. The number of thioether (sulfide) groups is 1. The van der Waals surface area contributed by atoms with Gasteiger partial charge in [0.25, 0.3) is 0 Å². The lowest BCUT2D eigenvalue weighted by molar-refractivity contribution is -0.137. The Hall–Kier alpha value is -3.01. The van der Waals surface area contributed by atoms with Gasteiger partial charge in [0.2, 0.25) is 11.8 Å². The quantitative estimate of drug-likeness (QED) is 0.579. The number of hydrogen-bond acceptors (Lipinski definition) is 5. The molecule has 2 N–H and O–H groups in total. The van der Waals surface area contributed by atoms with Crippen molar-refractivity contribution >= 4 is 35.3 Å². The maximum absolute atomic E-state index is 13.4. The van der Waals surface area contributed by atoms with Gasteiger partial charge in [0.05, 0.1) is 5.25 Å². The summed E-state index contributed by atoms with van der Waals surface area (Å²) in [5.74, 6) is 0.778. The number of rotatable bonds is 6. The summed E-state index contributed by atoms with van der Waals surface area (Å²) in [6.07, 6.45) is 6.01. The van der Waals surface area contributed by atoms with Gasteiger partial charge in [-0.2, -0.15) is 0 Å². The molecule has 9 nitrogen and oxygen atoms in total. The number of nitrogens with zero attached hydrogens (tertiary/aromatic N) is 4. The molecule has 37 heavy (non-hydrogen) atoms. The van der Waals surface area contributed by atoms with Crippen LogP contribution in [0.4, 0.5) is 10.5 Å². The Morgan fingerprint density at radius 1 is 1.19 bits per heavy atom. The van der Waals surface area contributed by atoms with E-state index in [1.54, 1.807) is 12.4 Å². The summed E-state index contributed by atoms with van der Waals surface area (Å²) < 4.78 is 0. The molecule has 10 heteroatoms. The minimum atomic E-state index is -0.412. The molecule has 4 heterocycles. The van der Waals surface area contributed by atoms with E-state index in [0.29, 0.717) is 26.2 Å². The minimum Gasteiger partial charge on any atom is -0.346 e. The Balaban J connectivity index is 0.00000336. The number of piperidine rings is 1. The molecule has 2 saturated heterocycles. The SMILES string of the molecule is CC(C)(C)CCN1C(=O)C(CC(=O)N2CCC(N3Cc4ccccc4NC3=O)CC2)SC1c1ncc[nH]1.[HH]. The highest BCUT2D eigenvalue weighted by molar-refractivity contribution is 8.01. The standard InChI is InChI=1S/C27H36N6O3S.H2/c1-27(2,3)10-15-32-24(35)21(37-25(32)23-28-11-12-29-23)16-22(34)31-13-8-19(9-14-31)33-17-18-6-4-5-7-20(18)30-26(33)36;/h4-7,11-12,19,21,25H,8-10,13-17H2,1-3H3,(H,28,29)(H,30,36);1H. The number of fused-ring (bicyclic) bond motifs is 1. The zero-order chi connectivity index (χ0) is 26.2. The van der Waals surface area contributed by atoms with Gasteiger partial charge in [-0.25, -0.2) is 9.78 Å². The molecule has 0 saturated carbocycles. The first-order valence-electron chi connectivity index (χ1n) is 13.1. The monoisotopic (exact) mass is 526 g/mol. The van der Waals surface area contributed by atoms with Crippen LogP contribution < -0.4 is 5.32 Å². The number of aromatic amines is 1. The number of hydrogen-bond donors (Lipinski definition) is 2. The van der Waals surface area contributed by atoms with Gasteiger partial charge in [0.15, 0.2) is 0 Å². The van der Waals surface area contributed by atoms with E-state index in [9.17, 15) is 14.4 Å². The summed E-state index contributed by atoms with van der Waals surface area (Å²) in [5, 5.41) is 2.38. The van der Waals surface area contributed by atoms with E-state index >= 15 is 0 Å². The van der Waals surface area contributed by atoms with Crippen LogP contribution in [0.3, 0.4) is 0 Å². The van der Waals surface area contributed by atoms with Gasteiger partial charge in [-0.3, -0.25) is 9.59 Å². The Bertz CT molecular complexity index is 1150. The van der Waals surface area contributed by atoms with E-state index in [0.717, 1.165) is 36.3 Å². The Morgan fingerprint density at radius 3 is 2.65 bits per heavy atom. The van der Waals surface area contributed by atoms with Gasteiger partial charge in [0.1, 0.15) is 11.2 Å².